The van der Waals surface area contributed by atoms with Gasteiger partial charge in [0.1, 0.15) is 27.9 Å². The summed E-state index contributed by atoms with van der Waals surface area (Å²) in [6.07, 6.45) is 4.12. The van der Waals surface area contributed by atoms with Crippen molar-refractivity contribution in [3.8, 4) is 29.1 Å². The number of amides is 1. The number of sulfonamides is 1. The summed E-state index contributed by atoms with van der Waals surface area (Å²) in [5.41, 5.74) is 0.407. The van der Waals surface area contributed by atoms with E-state index in [0.29, 0.717) is 61.0 Å². The van der Waals surface area contributed by atoms with Crippen molar-refractivity contribution >= 4 is 27.3 Å². The summed E-state index contributed by atoms with van der Waals surface area (Å²) >= 11 is 0. The van der Waals surface area contributed by atoms with Crippen LogP contribution >= 0.6 is 0 Å². The number of ether oxygens (including phenoxy) is 4. The SMILES string of the molecule is CCOc1ccc(OC)cc1C1(N2CCCN(c3ccncc3)CC2)C(=O)N(S(=O)(=O)c2ccc(OC)cc2OC)c2ccc(C#N)cc21. The average Bonchev–Trinajstić information content (AvgIpc) is 3.24. The number of nitrogens with zero attached hydrogens (tertiary/aromatic N) is 5. The molecule has 12 nitrogen and oxygen atoms in total. The van der Waals surface area contributed by atoms with Gasteiger partial charge in [0.05, 0.1) is 45.3 Å². The van der Waals surface area contributed by atoms with Crippen molar-refractivity contribution in [3.05, 3.63) is 95.8 Å². The average molecular weight is 684 g/mol. The number of carbonyl (C=O) groups is 1. The lowest BCUT2D eigenvalue weighted by Gasteiger charge is -2.41. The van der Waals surface area contributed by atoms with Gasteiger partial charge in [-0.2, -0.15) is 5.26 Å². The summed E-state index contributed by atoms with van der Waals surface area (Å²) < 4.78 is 53.1. The molecule has 0 N–H and O–H groups in total. The molecular formula is C36H37N5O7S. The number of rotatable bonds is 10. The quantitative estimate of drug-likeness (QED) is 0.233. The molecule has 254 valence electrons. The molecule has 1 amide bonds. The first-order chi connectivity index (χ1) is 23.7. The fraction of sp³-hybridized carbons (Fsp3) is 0.306. The number of methoxy groups -OCH3 is 3. The van der Waals surface area contributed by atoms with Crippen LogP contribution in [0.25, 0.3) is 0 Å². The Labute approximate surface area is 286 Å². The topological polar surface area (TPSA) is 135 Å². The fourth-order valence-electron chi connectivity index (χ4n) is 6.77. The molecule has 0 bridgehead atoms. The normalized spacial score (nSPS) is 18.0. The van der Waals surface area contributed by atoms with Crippen LogP contribution in [-0.4, -0.2) is 78.3 Å². The first-order valence-corrected chi connectivity index (χ1v) is 17.3. The van der Waals surface area contributed by atoms with Crippen LogP contribution in [0, 0.1) is 11.3 Å². The standard InChI is InChI=1S/C36H37N5O7S/c1-5-48-32-11-8-27(45-2)22-30(32)36(40-18-6-17-39(19-20-40)26-13-15-38-16-14-26)29-21-25(24-37)7-10-31(29)41(35(36)42)49(43,44)34-12-9-28(46-3)23-33(34)47-4/h7-16,21-23H,5-6,17-20H2,1-4H3. The Morgan fingerprint density at radius 2 is 1.57 bits per heavy atom. The third-order valence-electron chi connectivity index (χ3n) is 8.99. The number of fused-ring (bicyclic) bond motifs is 1. The van der Waals surface area contributed by atoms with Crippen molar-refractivity contribution in [3.63, 3.8) is 0 Å². The van der Waals surface area contributed by atoms with Crippen molar-refractivity contribution in [2.75, 3.05) is 63.3 Å². The molecule has 1 aromatic heterocycles. The predicted molar refractivity (Wildman–Crippen MR) is 183 cm³/mol. The predicted octanol–water partition coefficient (Wildman–Crippen LogP) is 4.57. The minimum absolute atomic E-state index is 0.0130. The molecule has 0 spiro atoms. The highest BCUT2D eigenvalue weighted by Gasteiger charge is 2.60. The molecule has 0 aliphatic carbocycles. The van der Waals surface area contributed by atoms with Gasteiger partial charge in [0.25, 0.3) is 15.9 Å². The van der Waals surface area contributed by atoms with E-state index in [1.54, 1.807) is 36.7 Å². The smallest absolute Gasteiger partial charge is 0.274 e. The van der Waals surface area contributed by atoms with Crippen LogP contribution in [0.3, 0.4) is 0 Å². The number of pyridine rings is 1. The molecule has 3 heterocycles. The maximum Gasteiger partial charge on any atom is 0.274 e. The van der Waals surface area contributed by atoms with Gasteiger partial charge < -0.3 is 23.8 Å². The van der Waals surface area contributed by atoms with Crippen molar-refractivity contribution in [1.82, 2.24) is 9.88 Å². The van der Waals surface area contributed by atoms with Gasteiger partial charge in [-0.15, -0.1) is 0 Å². The Hall–Kier alpha value is -5.32. The van der Waals surface area contributed by atoms with E-state index in [9.17, 15) is 13.7 Å². The number of anilines is 2. The number of carbonyl (C=O) groups excluding carboxylic acids is 1. The van der Waals surface area contributed by atoms with Gasteiger partial charge in [0.2, 0.25) is 0 Å². The summed E-state index contributed by atoms with van der Waals surface area (Å²) in [4.78, 5) is 23.7. The first kappa shape index (κ1) is 33.6. The van der Waals surface area contributed by atoms with E-state index in [4.69, 9.17) is 18.9 Å². The molecule has 49 heavy (non-hydrogen) atoms. The molecule has 6 rings (SSSR count). The molecule has 0 saturated carbocycles. The van der Waals surface area contributed by atoms with Gasteiger partial charge in [-0.3, -0.25) is 14.7 Å². The van der Waals surface area contributed by atoms with Gasteiger partial charge in [-0.05, 0) is 74.0 Å². The van der Waals surface area contributed by atoms with E-state index in [1.165, 1.54) is 51.7 Å². The van der Waals surface area contributed by atoms with E-state index in [2.05, 4.69) is 16.0 Å². The highest BCUT2D eigenvalue weighted by atomic mass is 32.2. The van der Waals surface area contributed by atoms with E-state index >= 15 is 4.79 Å². The van der Waals surface area contributed by atoms with Crippen LogP contribution in [0.2, 0.25) is 0 Å². The maximum absolute atomic E-state index is 15.6. The molecule has 13 heteroatoms. The highest BCUT2D eigenvalue weighted by molar-refractivity contribution is 7.93. The number of nitriles is 1. The largest absolute Gasteiger partial charge is 0.497 e. The van der Waals surface area contributed by atoms with Crippen LogP contribution in [0.1, 0.15) is 30.0 Å². The molecule has 4 aromatic rings. The second kappa shape index (κ2) is 13.7. The summed E-state index contributed by atoms with van der Waals surface area (Å²) in [7, 11) is -0.264. The van der Waals surface area contributed by atoms with Crippen LogP contribution in [0.5, 0.6) is 23.0 Å². The molecule has 3 aromatic carbocycles. The molecule has 1 fully saturated rings. The Bertz CT molecular complexity index is 2020. The zero-order valence-corrected chi connectivity index (χ0v) is 28.6. The fourth-order valence-corrected chi connectivity index (χ4v) is 8.37. The van der Waals surface area contributed by atoms with Crippen molar-refractivity contribution in [2.45, 2.75) is 23.8 Å². The zero-order valence-electron chi connectivity index (χ0n) is 27.8. The van der Waals surface area contributed by atoms with E-state index in [-0.39, 0.29) is 28.5 Å². The summed E-state index contributed by atoms with van der Waals surface area (Å²) in [5.74, 6) is 0.510. The first-order valence-electron chi connectivity index (χ1n) is 15.8. The summed E-state index contributed by atoms with van der Waals surface area (Å²) in [6, 6.07) is 20.2. The summed E-state index contributed by atoms with van der Waals surface area (Å²) in [5, 5.41) is 10.1. The Balaban J connectivity index is 1.63. The van der Waals surface area contributed by atoms with Crippen molar-refractivity contribution in [1.29, 1.82) is 5.26 Å². The zero-order chi connectivity index (χ0) is 34.8. The lowest BCUT2D eigenvalue weighted by molar-refractivity contribution is -0.126. The Morgan fingerprint density at radius 3 is 2.27 bits per heavy atom. The number of hydrogen-bond acceptors (Lipinski definition) is 11. The van der Waals surface area contributed by atoms with Crippen LogP contribution < -0.4 is 28.2 Å². The van der Waals surface area contributed by atoms with Gasteiger partial charge >= 0.3 is 0 Å². The van der Waals surface area contributed by atoms with Crippen LogP contribution in [0.15, 0.2) is 84.0 Å². The highest BCUT2D eigenvalue weighted by Crippen LogP contribution is 2.54. The number of benzene rings is 3. The molecule has 2 aliphatic heterocycles. The van der Waals surface area contributed by atoms with E-state index in [1.807, 2.05) is 24.0 Å². The molecule has 1 unspecified atom stereocenters. The molecular weight excluding hydrogens is 646 g/mol. The lowest BCUT2D eigenvalue weighted by atomic mass is 9.80. The molecule has 2 aliphatic rings. The second-order valence-corrected chi connectivity index (χ2v) is 13.2. The lowest BCUT2D eigenvalue weighted by Crippen LogP contribution is -2.56. The summed E-state index contributed by atoms with van der Waals surface area (Å²) in [6.45, 7) is 4.13. The Morgan fingerprint density at radius 1 is 0.837 bits per heavy atom. The van der Waals surface area contributed by atoms with E-state index < -0.39 is 21.5 Å². The minimum Gasteiger partial charge on any atom is -0.497 e. The van der Waals surface area contributed by atoms with E-state index in [0.717, 1.165) is 9.99 Å². The second-order valence-electron chi connectivity index (χ2n) is 11.5. The van der Waals surface area contributed by atoms with Gasteiger partial charge in [-0.1, -0.05) is 0 Å². The van der Waals surface area contributed by atoms with Crippen molar-refractivity contribution in [2.24, 2.45) is 0 Å². The van der Waals surface area contributed by atoms with Crippen LogP contribution in [-0.2, 0) is 20.4 Å². The molecule has 0 radical (unpaired) electrons. The Kier molecular flexibility index (Phi) is 9.36. The minimum atomic E-state index is -4.61. The van der Waals surface area contributed by atoms with Gasteiger partial charge in [0, 0.05) is 61.5 Å². The van der Waals surface area contributed by atoms with Gasteiger partial charge in [-0.25, -0.2) is 12.7 Å². The number of hydrogen-bond donors (Lipinski definition) is 0. The van der Waals surface area contributed by atoms with Crippen LogP contribution in [0.4, 0.5) is 11.4 Å². The monoisotopic (exact) mass is 683 g/mol. The maximum atomic E-state index is 15.6. The van der Waals surface area contributed by atoms with Gasteiger partial charge in [0.15, 0.2) is 5.54 Å². The third-order valence-corrected chi connectivity index (χ3v) is 10.7. The molecule has 1 saturated heterocycles. The van der Waals surface area contributed by atoms with Crippen molar-refractivity contribution < 1.29 is 32.2 Å². The molecule has 1 atom stereocenters. The third kappa shape index (κ3) is 5.66. The number of aromatic nitrogens is 1.